The Balaban J connectivity index is 2.03. The number of nitrogens with zero attached hydrogens (tertiary/aromatic N) is 1. The zero-order chi connectivity index (χ0) is 15.7. The van der Waals surface area contributed by atoms with Gasteiger partial charge >= 0.3 is 5.97 Å². The molecule has 2 N–H and O–H groups in total. The van der Waals surface area contributed by atoms with Crippen molar-refractivity contribution < 1.29 is 14.6 Å². The Bertz CT molecular complexity index is 308. The molecule has 5 heteroatoms. The topological polar surface area (TPSA) is 61.8 Å². The van der Waals surface area contributed by atoms with Crippen LogP contribution >= 0.6 is 0 Å². The van der Waals surface area contributed by atoms with Crippen LogP contribution in [0.3, 0.4) is 0 Å². The number of likely N-dealkylation sites (N-methyl/N-ethyl adjacent to an activating group) is 2. The van der Waals surface area contributed by atoms with E-state index in [1.54, 1.807) is 6.92 Å². The maximum absolute atomic E-state index is 11.3. The van der Waals surface area contributed by atoms with Crippen molar-refractivity contribution in [3.63, 3.8) is 0 Å². The van der Waals surface area contributed by atoms with Gasteiger partial charge in [0.1, 0.15) is 5.54 Å². The van der Waals surface area contributed by atoms with Crippen molar-refractivity contribution in [3.05, 3.63) is 0 Å². The molecule has 1 aliphatic carbocycles. The third-order valence-electron chi connectivity index (χ3n) is 4.17. The maximum atomic E-state index is 11.3. The van der Waals surface area contributed by atoms with Crippen molar-refractivity contribution in [1.82, 2.24) is 10.2 Å². The maximum Gasteiger partial charge on any atom is 0.323 e. The molecule has 1 unspecified atom stereocenters. The number of hydrogen-bond acceptors (Lipinski definition) is 4. The molecule has 1 atom stereocenters. The zero-order valence-electron chi connectivity index (χ0n) is 13.9. The summed E-state index contributed by atoms with van der Waals surface area (Å²) in [5, 5.41) is 12.3. The molecule has 0 bridgehead atoms. The van der Waals surface area contributed by atoms with Crippen molar-refractivity contribution in [2.45, 2.75) is 51.5 Å². The van der Waals surface area contributed by atoms with E-state index in [1.807, 2.05) is 6.92 Å². The van der Waals surface area contributed by atoms with Crippen molar-refractivity contribution in [1.29, 1.82) is 0 Å². The first-order valence-electron chi connectivity index (χ1n) is 8.22. The smallest absolute Gasteiger partial charge is 0.323 e. The summed E-state index contributed by atoms with van der Waals surface area (Å²) in [4.78, 5) is 13.5. The minimum absolute atomic E-state index is 0.669. The molecule has 124 valence electrons. The molecule has 0 radical (unpaired) electrons. The Morgan fingerprint density at radius 2 is 2.10 bits per heavy atom. The molecule has 1 rings (SSSR count). The fraction of sp³-hybridized carbons (Fsp3) is 0.938. The van der Waals surface area contributed by atoms with Crippen molar-refractivity contribution in [2.75, 3.05) is 39.9 Å². The van der Waals surface area contributed by atoms with Gasteiger partial charge in [-0.05, 0) is 65.1 Å². The first-order valence-corrected chi connectivity index (χ1v) is 8.22. The number of carbonyl (C=O) groups is 1. The minimum Gasteiger partial charge on any atom is -0.480 e. The summed E-state index contributed by atoms with van der Waals surface area (Å²) in [6, 6.07) is 0. The fourth-order valence-electron chi connectivity index (χ4n) is 2.39. The van der Waals surface area contributed by atoms with Crippen molar-refractivity contribution in [2.24, 2.45) is 5.92 Å². The van der Waals surface area contributed by atoms with Crippen molar-refractivity contribution in [3.8, 4) is 0 Å². The van der Waals surface area contributed by atoms with Crippen LogP contribution in [0.2, 0.25) is 0 Å². The van der Waals surface area contributed by atoms with Crippen LogP contribution in [0.25, 0.3) is 0 Å². The number of aliphatic carboxylic acids is 1. The predicted octanol–water partition coefficient (Wildman–Crippen LogP) is 1.97. The van der Waals surface area contributed by atoms with Gasteiger partial charge in [-0.1, -0.05) is 6.92 Å². The molecule has 21 heavy (non-hydrogen) atoms. The SMILES string of the molecule is CCNC(C)(CCCCN(C)CCOCC1CC1)C(=O)O. The fourth-order valence-corrected chi connectivity index (χ4v) is 2.39. The second kappa shape index (κ2) is 9.38. The van der Waals surface area contributed by atoms with Gasteiger partial charge in [0.15, 0.2) is 0 Å². The first-order chi connectivity index (χ1) is 9.98. The van der Waals surface area contributed by atoms with Crippen LogP contribution in [0.1, 0.15) is 46.0 Å². The first kappa shape index (κ1) is 18.4. The lowest BCUT2D eigenvalue weighted by molar-refractivity contribution is -0.144. The average Bonchev–Trinajstić information content (AvgIpc) is 3.24. The number of carboxylic acid groups (broad SMARTS) is 1. The largest absolute Gasteiger partial charge is 0.480 e. The van der Waals surface area contributed by atoms with Crippen LogP contribution < -0.4 is 5.32 Å². The molecule has 0 spiro atoms. The molecule has 5 nitrogen and oxygen atoms in total. The van der Waals surface area contributed by atoms with E-state index in [1.165, 1.54) is 12.8 Å². The number of carboxylic acids is 1. The van der Waals surface area contributed by atoms with Gasteiger partial charge in [-0.3, -0.25) is 4.79 Å². The summed E-state index contributed by atoms with van der Waals surface area (Å²) >= 11 is 0. The standard InChI is InChI=1S/C16H32N2O3/c1-4-17-16(2,15(19)20)9-5-6-10-18(3)11-12-21-13-14-7-8-14/h14,17H,4-13H2,1-3H3,(H,19,20). The molecule has 0 aromatic heterocycles. The van der Waals surface area contributed by atoms with E-state index in [2.05, 4.69) is 17.3 Å². The highest BCUT2D eigenvalue weighted by molar-refractivity contribution is 5.78. The van der Waals surface area contributed by atoms with Crippen LogP contribution in [0.5, 0.6) is 0 Å². The number of hydrogen-bond donors (Lipinski definition) is 2. The normalized spacial score (nSPS) is 17.9. The second-order valence-corrected chi connectivity index (χ2v) is 6.45. The van der Waals surface area contributed by atoms with Crippen LogP contribution in [0, 0.1) is 5.92 Å². The van der Waals surface area contributed by atoms with Crippen LogP contribution in [-0.4, -0.2) is 61.4 Å². The van der Waals surface area contributed by atoms with E-state index in [-0.39, 0.29) is 0 Å². The molecule has 0 aromatic rings. The van der Waals surface area contributed by atoms with E-state index in [0.29, 0.717) is 13.0 Å². The second-order valence-electron chi connectivity index (χ2n) is 6.45. The molecular formula is C16H32N2O3. The van der Waals surface area contributed by atoms with Gasteiger partial charge in [-0.15, -0.1) is 0 Å². The minimum atomic E-state index is -0.791. The summed E-state index contributed by atoms with van der Waals surface area (Å²) in [6.45, 7) is 8.07. The highest BCUT2D eigenvalue weighted by atomic mass is 16.5. The number of ether oxygens (including phenoxy) is 1. The summed E-state index contributed by atoms with van der Waals surface area (Å²) in [7, 11) is 2.10. The zero-order valence-corrected chi connectivity index (χ0v) is 13.9. The van der Waals surface area contributed by atoms with Gasteiger partial charge in [-0.2, -0.15) is 0 Å². The van der Waals surface area contributed by atoms with Crippen molar-refractivity contribution >= 4 is 5.97 Å². The summed E-state index contributed by atoms with van der Waals surface area (Å²) in [5.41, 5.74) is -0.791. The highest BCUT2D eigenvalue weighted by Gasteiger charge is 2.31. The molecule has 1 fully saturated rings. The Morgan fingerprint density at radius 3 is 2.67 bits per heavy atom. The molecule has 0 heterocycles. The van der Waals surface area contributed by atoms with Gasteiger partial charge < -0.3 is 20.1 Å². The van der Waals surface area contributed by atoms with E-state index in [9.17, 15) is 9.90 Å². The Kier molecular flexibility index (Phi) is 8.22. The van der Waals surface area contributed by atoms with Crippen LogP contribution in [0.15, 0.2) is 0 Å². The summed E-state index contributed by atoms with van der Waals surface area (Å²) in [6.07, 6.45) is 5.28. The van der Waals surface area contributed by atoms with Gasteiger partial charge in [-0.25, -0.2) is 0 Å². The van der Waals surface area contributed by atoms with Crippen LogP contribution in [-0.2, 0) is 9.53 Å². The highest BCUT2D eigenvalue weighted by Crippen LogP contribution is 2.28. The molecule has 1 saturated carbocycles. The molecular weight excluding hydrogens is 268 g/mol. The van der Waals surface area contributed by atoms with Gasteiger partial charge in [0, 0.05) is 13.2 Å². The summed E-state index contributed by atoms with van der Waals surface area (Å²) < 4.78 is 5.62. The lowest BCUT2D eigenvalue weighted by atomic mass is 9.95. The average molecular weight is 300 g/mol. The molecule has 0 aromatic carbocycles. The summed E-state index contributed by atoms with van der Waals surface area (Å²) in [5.74, 6) is 0.0706. The third kappa shape index (κ3) is 7.79. The Hall–Kier alpha value is -0.650. The van der Waals surface area contributed by atoms with E-state index in [4.69, 9.17) is 4.74 Å². The quantitative estimate of drug-likeness (QED) is 0.509. The number of rotatable bonds is 13. The van der Waals surface area contributed by atoms with E-state index >= 15 is 0 Å². The molecule has 0 saturated heterocycles. The van der Waals surface area contributed by atoms with Gasteiger partial charge in [0.05, 0.1) is 6.61 Å². The number of unbranched alkanes of at least 4 members (excludes halogenated alkanes) is 1. The van der Waals surface area contributed by atoms with Gasteiger partial charge in [0.2, 0.25) is 0 Å². The van der Waals surface area contributed by atoms with E-state index in [0.717, 1.165) is 45.1 Å². The third-order valence-corrected chi connectivity index (χ3v) is 4.17. The van der Waals surface area contributed by atoms with Gasteiger partial charge in [0.25, 0.3) is 0 Å². The number of nitrogens with one attached hydrogen (secondary N) is 1. The Labute approximate surface area is 129 Å². The monoisotopic (exact) mass is 300 g/mol. The van der Waals surface area contributed by atoms with Crippen LogP contribution in [0.4, 0.5) is 0 Å². The van der Waals surface area contributed by atoms with E-state index < -0.39 is 11.5 Å². The lowest BCUT2D eigenvalue weighted by Crippen LogP contribution is -2.49. The molecule has 1 aliphatic rings. The Morgan fingerprint density at radius 1 is 1.38 bits per heavy atom. The predicted molar refractivity (Wildman–Crippen MR) is 84.6 cm³/mol. The lowest BCUT2D eigenvalue weighted by Gasteiger charge is -2.26. The molecule has 0 aliphatic heterocycles. The molecule has 0 amide bonds.